The first-order valence-corrected chi connectivity index (χ1v) is 8.57. The largest absolute Gasteiger partial charge is 0.379 e. The first kappa shape index (κ1) is 16.4. The van der Waals surface area contributed by atoms with E-state index in [-0.39, 0.29) is 5.56 Å². The van der Waals surface area contributed by atoms with Gasteiger partial charge in [-0.05, 0) is 25.1 Å². The summed E-state index contributed by atoms with van der Waals surface area (Å²) in [5, 5.41) is 4.55. The van der Waals surface area contributed by atoms with E-state index in [1.807, 2.05) is 37.3 Å². The number of aromatic nitrogens is 2. The van der Waals surface area contributed by atoms with E-state index in [4.69, 9.17) is 4.74 Å². The highest BCUT2D eigenvalue weighted by Crippen LogP contribution is 2.20. The van der Waals surface area contributed by atoms with E-state index in [2.05, 4.69) is 25.9 Å². The second-order valence-electron chi connectivity index (χ2n) is 5.71. The fraction of sp³-hybridized carbons (Fsp3) is 0.412. The maximum Gasteiger partial charge on any atom is 0.269 e. The Kier molecular flexibility index (Phi) is 5.25. The molecule has 2 heterocycles. The van der Waals surface area contributed by atoms with Crippen molar-refractivity contribution in [2.45, 2.75) is 13.5 Å². The summed E-state index contributed by atoms with van der Waals surface area (Å²) in [7, 11) is 0. The zero-order chi connectivity index (χ0) is 16.2. The molecule has 0 spiro atoms. The Morgan fingerprint density at radius 1 is 1.22 bits per heavy atom. The summed E-state index contributed by atoms with van der Waals surface area (Å²) in [6, 6.07) is 9.82. The maximum absolute atomic E-state index is 12.3. The molecule has 0 unspecified atom stereocenters. The average molecular weight is 378 g/mol. The molecule has 2 aromatic rings. The van der Waals surface area contributed by atoms with Crippen molar-refractivity contribution in [1.82, 2.24) is 14.7 Å². The van der Waals surface area contributed by atoms with E-state index in [1.165, 1.54) is 0 Å². The first-order valence-electron chi connectivity index (χ1n) is 7.78. The van der Waals surface area contributed by atoms with Crippen LogP contribution in [0.15, 0.2) is 39.6 Å². The molecule has 1 fully saturated rings. The van der Waals surface area contributed by atoms with Crippen LogP contribution in [0.25, 0.3) is 11.3 Å². The molecule has 0 radical (unpaired) electrons. The highest BCUT2D eigenvalue weighted by molar-refractivity contribution is 9.10. The molecule has 6 heteroatoms. The minimum absolute atomic E-state index is 0.0167. The van der Waals surface area contributed by atoms with E-state index in [1.54, 1.807) is 4.68 Å². The molecule has 1 aliphatic rings. The predicted molar refractivity (Wildman–Crippen MR) is 93.6 cm³/mol. The standard InChI is InChI=1S/C17H20BrN3O2/c1-13-11-16(14-3-2-4-15(18)12-14)19-21(17(13)22)6-5-20-7-9-23-10-8-20/h2-4,11-12H,5-10H2,1H3. The van der Waals surface area contributed by atoms with Crippen molar-refractivity contribution in [3.05, 3.63) is 50.7 Å². The van der Waals surface area contributed by atoms with Crippen LogP contribution in [0.3, 0.4) is 0 Å². The van der Waals surface area contributed by atoms with Crippen LogP contribution in [0.1, 0.15) is 5.56 Å². The minimum Gasteiger partial charge on any atom is -0.379 e. The summed E-state index contributed by atoms with van der Waals surface area (Å²) >= 11 is 3.48. The number of ether oxygens (including phenoxy) is 1. The quantitative estimate of drug-likeness (QED) is 0.820. The molecule has 0 N–H and O–H groups in total. The molecule has 0 saturated carbocycles. The third kappa shape index (κ3) is 4.07. The highest BCUT2D eigenvalue weighted by atomic mass is 79.9. The monoisotopic (exact) mass is 377 g/mol. The highest BCUT2D eigenvalue weighted by Gasteiger charge is 2.12. The van der Waals surface area contributed by atoms with E-state index in [0.717, 1.165) is 54.1 Å². The SMILES string of the molecule is Cc1cc(-c2cccc(Br)c2)nn(CCN2CCOCC2)c1=O. The van der Waals surface area contributed by atoms with Crippen molar-refractivity contribution < 1.29 is 4.74 Å². The second-order valence-corrected chi connectivity index (χ2v) is 6.62. The maximum atomic E-state index is 12.3. The number of rotatable bonds is 4. The summed E-state index contributed by atoms with van der Waals surface area (Å²) in [6.45, 7) is 6.62. The van der Waals surface area contributed by atoms with Gasteiger partial charge in [-0.25, -0.2) is 4.68 Å². The lowest BCUT2D eigenvalue weighted by atomic mass is 10.1. The van der Waals surface area contributed by atoms with Crippen molar-refractivity contribution >= 4 is 15.9 Å². The molecule has 1 aromatic carbocycles. The van der Waals surface area contributed by atoms with Gasteiger partial charge in [-0.1, -0.05) is 28.1 Å². The Morgan fingerprint density at radius 3 is 2.74 bits per heavy atom. The lowest BCUT2D eigenvalue weighted by molar-refractivity contribution is 0.0358. The van der Waals surface area contributed by atoms with Gasteiger partial charge in [0.1, 0.15) is 0 Å². The van der Waals surface area contributed by atoms with Gasteiger partial charge in [0.25, 0.3) is 5.56 Å². The third-order valence-corrected chi connectivity index (χ3v) is 4.50. The van der Waals surface area contributed by atoms with Crippen molar-refractivity contribution in [1.29, 1.82) is 0 Å². The van der Waals surface area contributed by atoms with Crippen molar-refractivity contribution in [3.8, 4) is 11.3 Å². The number of nitrogens with zero attached hydrogens (tertiary/aromatic N) is 3. The van der Waals surface area contributed by atoms with Crippen LogP contribution in [0, 0.1) is 6.92 Å². The van der Waals surface area contributed by atoms with Crippen LogP contribution in [0.2, 0.25) is 0 Å². The molecule has 1 aromatic heterocycles. The van der Waals surface area contributed by atoms with Gasteiger partial charge < -0.3 is 4.74 Å². The molecular weight excluding hydrogens is 358 g/mol. The molecule has 1 aliphatic heterocycles. The Bertz CT molecular complexity index is 739. The van der Waals surface area contributed by atoms with E-state index in [0.29, 0.717) is 6.54 Å². The Morgan fingerprint density at radius 2 is 2.00 bits per heavy atom. The van der Waals surface area contributed by atoms with Crippen LogP contribution in [-0.2, 0) is 11.3 Å². The molecule has 0 aliphatic carbocycles. The molecular formula is C17H20BrN3O2. The zero-order valence-electron chi connectivity index (χ0n) is 13.2. The van der Waals surface area contributed by atoms with Crippen molar-refractivity contribution in [2.75, 3.05) is 32.8 Å². The molecule has 0 bridgehead atoms. The second kappa shape index (κ2) is 7.38. The molecule has 122 valence electrons. The van der Waals surface area contributed by atoms with Gasteiger partial charge in [-0.2, -0.15) is 5.10 Å². The van der Waals surface area contributed by atoms with Crippen LogP contribution in [-0.4, -0.2) is 47.5 Å². The Hall–Kier alpha value is -1.50. The summed E-state index contributed by atoms with van der Waals surface area (Å²) < 4.78 is 7.94. The number of benzene rings is 1. The molecule has 3 rings (SSSR count). The van der Waals surface area contributed by atoms with Crippen LogP contribution in [0.4, 0.5) is 0 Å². The van der Waals surface area contributed by atoms with Gasteiger partial charge >= 0.3 is 0 Å². The summed E-state index contributed by atoms with van der Waals surface area (Å²) in [5.74, 6) is 0. The lowest BCUT2D eigenvalue weighted by Gasteiger charge is -2.26. The van der Waals surface area contributed by atoms with E-state index in [9.17, 15) is 4.79 Å². The number of hydrogen-bond donors (Lipinski definition) is 0. The molecule has 0 atom stereocenters. The number of halogens is 1. The van der Waals surface area contributed by atoms with Gasteiger partial charge in [0, 0.05) is 35.2 Å². The lowest BCUT2D eigenvalue weighted by Crippen LogP contribution is -2.40. The molecule has 1 saturated heterocycles. The number of aryl methyl sites for hydroxylation is 1. The van der Waals surface area contributed by atoms with Gasteiger partial charge in [0.2, 0.25) is 0 Å². The summed E-state index contributed by atoms with van der Waals surface area (Å²) in [6.07, 6.45) is 0. The van der Waals surface area contributed by atoms with Gasteiger partial charge in [-0.3, -0.25) is 9.69 Å². The van der Waals surface area contributed by atoms with Crippen LogP contribution in [0.5, 0.6) is 0 Å². The van der Waals surface area contributed by atoms with Crippen molar-refractivity contribution in [2.24, 2.45) is 0 Å². The van der Waals surface area contributed by atoms with Gasteiger partial charge in [0.05, 0.1) is 25.5 Å². The van der Waals surface area contributed by atoms with Gasteiger partial charge in [-0.15, -0.1) is 0 Å². The minimum atomic E-state index is -0.0167. The van der Waals surface area contributed by atoms with E-state index >= 15 is 0 Å². The third-order valence-electron chi connectivity index (χ3n) is 4.01. The average Bonchev–Trinajstić information content (AvgIpc) is 2.57. The normalized spacial score (nSPS) is 15.7. The van der Waals surface area contributed by atoms with Crippen molar-refractivity contribution in [3.63, 3.8) is 0 Å². The fourth-order valence-electron chi connectivity index (χ4n) is 2.68. The molecule has 23 heavy (non-hydrogen) atoms. The predicted octanol–water partition coefficient (Wildman–Crippen LogP) is 2.31. The molecule has 5 nitrogen and oxygen atoms in total. The van der Waals surface area contributed by atoms with Crippen LogP contribution < -0.4 is 5.56 Å². The smallest absolute Gasteiger partial charge is 0.269 e. The first-order chi connectivity index (χ1) is 11.1. The number of morpholine rings is 1. The fourth-order valence-corrected chi connectivity index (χ4v) is 3.08. The number of hydrogen-bond acceptors (Lipinski definition) is 4. The van der Waals surface area contributed by atoms with Gasteiger partial charge in [0.15, 0.2) is 0 Å². The van der Waals surface area contributed by atoms with Crippen LogP contribution >= 0.6 is 15.9 Å². The van der Waals surface area contributed by atoms with E-state index < -0.39 is 0 Å². The Balaban J connectivity index is 1.83. The zero-order valence-corrected chi connectivity index (χ0v) is 14.8. The molecule has 0 amide bonds. The summed E-state index contributed by atoms with van der Waals surface area (Å²) in [5.41, 5.74) is 2.53. The Labute approximate surface area is 144 Å². The summed E-state index contributed by atoms with van der Waals surface area (Å²) in [4.78, 5) is 14.6. The topological polar surface area (TPSA) is 47.4 Å².